The van der Waals surface area contributed by atoms with Crippen molar-refractivity contribution >= 4 is 10.8 Å². The van der Waals surface area contributed by atoms with E-state index in [0.29, 0.717) is 6.10 Å². The predicted octanol–water partition coefficient (Wildman–Crippen LogP) is 2.92. The fourth-order valence-electron chi connectivity index (χ4n) is 1.98. The van der Waals surface area contributed by atoms with Crippen LogP contribution in [0.5, 0.6) is 5.75 Å². The van der Waals surface area contributed by atoms with Crippen molar-refractivity contribution in [3.8, 4) is 5.75 Å². The number of epoxide rings is 1. The summed E-state index contributed by atoms with van der Waals surface area (Å²) in [4.78, 5) is 0. The first-order chi connectivity index (χ1) is 7.40. The molecule has 3 rings (SSSR count). The summed E-state index contributed by atoms with van der Waals surface area (Å²) in [5.41, 5.74) is 1.27. The topological polar surface area (TPSA) is 21.8 Å². The zero-order chi connectivity index (χ0) is 10.3. The molecule has 1 heterocycles. The van der Waals surface area contributed by atoms with Crippen LogP contribution in [-0.4, -0.2) is 13.7 Å². The Labute approximate surface area is 88.4 Å². The molecule has 2 aromatic rings. The Balaban J connectivity index is 2.30. The van der Waals surface area contributed by atoms with Gasteiger partial charge in [0.05, 0.1) is 13.7 Å². The zero-order valence-electron chi connectivity index (χ0n) is 8.57. The smallest absolute Gasteiger partial charge is 0.126 e. The van der Waals surface area contributed by atoms with Gasteiger partial charge >= 0.3 is 0 Å². The highest BCUT2D eigenvalue weighted by molar-refractivity contribution is 5.91. The lowest BCUT2D eigenvalue weighted by Crippen LogP contribution is -1.89. The number of hydrogen-bond acceptors (Lipinski definition) is 2. The predicted molar refractivity (Wildman–Crippen MR) is 59.2 cm³/mol. The van der Waals surface area contributed by atoms with E-state index >= 15 is 0 Å². The van der Waals surface area contributed by atoms with Gasteiger partial charge in [-0.15, -0.1) is 0 Å². The number of benzene rings is 2. The Morgan fingerprint density at radius 3 is 2.53 bits per heavy atom. The summed E-state index contributed by atoms with van der Waals surface area (Å²) in [5, 5.41) is 2.40. The molecule has 0 aliphatic carbocycles. The van der Waals surface area contributed by atoms with Crippen molar-refractivity contribution < 1.29 is 9.47 Å². The molecule has 0 amide bonds. The zero-order valence-corrected chi connectivity index (χ0v) is 8.57. The van der Waals surface area contributed by atoms with E-state index in [1.807, 2.05) is 18.2 Å². The molecule has 1 saturated heterocycles. The summed E-state index contributed by atoms with van der Waals surface area (Å²) < 4.78 is 10.7. The maximum atomic E-state index is 5.34. The molecule has 1 atom stereocenters. The Morgan fingerprint density at radius 1 is 1.13 bits per heavy atom. The standard InChI is InChI=1S/C13H12O2/c1-14-12-7-6-11(13-8-15-13)9-4-2-3-5-10(9)12/h2-7,13H,8H2,1H3/t13-/m0/s1. The second-order valence-electron chi connectivity index (χ2n) is 3.72. The molecule has 0 spiro atoms. The van der Waals surface area contributed by atoms with E-state index in [9.17, 15) is 0 Å². The minimum atomic E-state index is 0.292. The third kappa shape index (κ3) is 1.38. The minimum absolute atomic E-state index is 0.292. The van der Waals surface area contributed by atoms with Gasteiger partial charge in [-0.3, -0.25) is 0 Å². The fraction of sp³-hybridized carbons (Fsp3) is 0.231. The van der Waals surface area contributed by atoms with Crippen molar-refractivity contribution in [1.82, 2.24) is 0 Å². The van der Waals surface area contributed by atoms with Crippen molar-refractivity contribution in [2.24, 2.45) is 0 Å². The molecule has 1 fully saturated rings. The molecule has 2 aromatic carbocycles. The minimum Gasteiger partial charge on any atom is -0.496 e. The molecular formula is C13H12O2. The molecule has 15 heavy (non-hydrogen) atoms. The molecule has 0 saturated carbocycles. The van der Waals surface area contributed by atoms with Crippen molar-refractivity contribution in [3.05, 3.63) is 42.0 Å². The van der Waals surface area contributed by atoms with Crippen LogP contribution in [0.2, 0.25) is 0 Å². The van der Waals surface area contributed by atoms with E-state index in [4.69, 9.17) is 9.47 Å². The van der Waals surface area contributed by atoms with Gasteiger partial charge in [0.1, 0.15) is 11.9 Å². The molecule has 0 unspecified atom stereocenters. The molecule has 0 N–H and O–H groups in total. The van der Waals surface area contributed by atoms with Crippen LogP contribution in [0.1, 0.15) is 11.7 Å². The average Bonchev–Trinajstić information content (AvgIpc) is 3.11. The quantitative estimate of drug-likeness (QED) is 0.695. The maximum Gasteiger partial charge on any atom is 0.126 e. The molecular weight excluding hydrogens is 188 g/mol. The fourth-order valence-corrected chi connectivity index (χ4v) is 1.98. The van der Waals surface area contributed by atoms with E-state index in [1.165, 1.54) is 10.9 Å². The van der Waals surface area contributed by atoms with Gasteiger partial charge in [0.25, 0.3) is 0 Å². The van der Waals surface area contributed by atoms with Crippen molar-refractivity contribution in [2.45, 2.75) is 6.10 Å². The van der Waals surface area contributed by atoms with E-state index in [0.717, 1.165) is 17.7 Å². The van der Waals surface area contributed by atoms with Crippen molar-refractivity contribution in [3.63, 3.8) is 0 Å². The Morgan fingerprint density at radius 2 is 1.87 bits per heavy atom. The van der Waals surface area contributed by atoms with Crippen LogP contribution in [-0.2, 0) is 4.74 Å². The van der Waals surface area contributed by atoms with Crippen LogP contribution in [0.25, 0.3) is 10.8 Å². The van der Waals surface area contributed by atoms with Gasteiger partial charge in [-0.1, -0.05) is 30.3 Å². The first kappa shape index (κ1) is 8.74. The SMILES string of the molecule is COc1ccc([C@@H]2CO2)c2ccccc12. The molecule has 1 aliphatic heterocycles. The van der Waals surface area contributed by atoms with Crippen LogP contribution in [0.3, 0.4) is 0 Å². The van der Waals surface area contributed by atoms with Crippen molar-refractivity contribution in [2.75, 3.05) is 13.7 Å². The lowest BCUT2D eigenvalue weighted by atomic mass is 10.0. The highest BCUT2D eigenvalue weighted by atomic mass is 16.6. The van der Waals surface area contributed by atoms with Crippen LogP contribution in [0, 0.1) is 0 Å². The number of ether oxygens (including phenoxy) is 2. The number of methoxy groups -OCH3 is 1. The highest BCUT2D eigenvalue weighted by Gasteiger charge is 2.26. The molecule has 1 aliphatic rings. The second-order valence-corrected chi connectivity index (χ2v) is 3.72. The van der Waals surface area contributed by atoms with Gasteiger partial charge in [0, 0.05) is 5.39 Å². The lowest BCUT2D eigenvalue weighted by molar-refractivity contribution is 0.413. The van der Waals surface area contributed by atoms with Crippen LogP contribution in [0.15, 0.2) is 36.4 Å². The van der Waals surface area contributed by atoms with E-state index in [-0.39, 0.29) is 0 Å². The third-order valence-corrected chi connectivity index (χ3v) is 2.82. The van der Waals surface area contributed by atoms with Crippen LogP contribution >= 0.6 is 0 Å². The lowest BCUT2D eigenvalue weighted by Gasteiger charge is -2.08. The van der Waals surface area contributed by atoms with E-state index in [2.05, 4.69) is 18.2 Å². The van der Waals surface area contributed by atoms with E-state index in [1.54, 1.807) is 7.11 Å². The number of fused-ring (bicyclic) bond motifs is 1. The first-order valence-corrected chi connectivity index (χ1v) is 5.07. The molecule has 76 valence electrons. The average molecular weight is 200 g/mol. The monoisotopic (exact) mass is 200 g/mol. The largest absolute Gasteiger partial charge is 0.496 e. The summed E-state index contributed by atoms with van der Waals surface area (Å²) >= 11 is 0. The summed E-state index contributed by atoms with van der Waals surface area (Å²) in [6, 6.07) is 12.4. The Bertz CT molecular complexity index is 501. The second kappa shape index (κ2) is 3.24. The van der Waals surface area contributed by atoms with Gasteiger partial charge in [-0.25, -0.2) is 0 Å². The third-order valence-electron chi connectivity index (χ3n) is 2.82. The summed E-state index contributed by atoms with van der Waals surface area (Å²) in [7, 11) is 1.70. The summed E-state index contributed by atoms with van der Waals surface area (Å²) in [6.45, 7) is 0.844. The first-order valence-electron chi connectivity index (χ1n) is 5.07. The van der Waals surface area contributed by atoms with Crippen LogP contribution < -0.4 is 4.74 Å². The maximum absolute atomic E-state index is 5.34. The van der Waals surface area contributed by atoms with Gasteiger partial charge in [-0.05, 0) is 17.0 Å². The molecule has 0 bridgehead atoms. The van der Waals surface area contributed by atoms with E-state index < -0.39 is 0 Å². The number of rotatable bonds is 2. The molecule has 2 nitrogen and oxygen atoms in total. The molecule has 0 radical (unpaired) electrons. The van der Waals surface area contributed by atoms with Crippen LogP contribution in [0.4, 0.5) is 0 Å². The summed E-state index contributed by atoms with van der Waals surface area (Å²) in [5.74, 6) is 0.926. The number of hydrogen-bond donors (Lipinski definition) is 0. The van der Waals surface area contributed by atoms with Gasteiger partial charge < -0.3 is 9.47 Å². The highest BCUT2D eigenvalue weighted by Crippen LogP contribution is 2.37. The van der Waals surface area contributed by atoms with Crippen molar-refractivity contribution in [1.29, 1.82) is 0 Å². The van der Waals surface area contributed by atoms with Gasteiger partial charge in [0.2, 0.25) is 0 Å². The Hall–Kier alpha value is -1.54. The van der Waals surface area contributed by atoms with Gasteiger partial charge in [-0.2, -0.15) is 0 Å². The normalized spacial score (nSPS) is 19.1. The Kier molecular flexibility index (Phi) is 1.89. The molecule has 2 heteroatoms. The summed E-state index contributed by atoms with van der Waals surface area (Å²) in [6.07, 6.45) is 0.292. The van der Waals surface area contributed by atoms with Gasteiger partial charge in [0.15, 0.2) is 0 Å². The molecule has 0 aromatic heterocycles.